The molecule has 108 valence electrons. The van der Waals surface area contributed by atoms with Gasteiger partial charge in [0.15, 0.2) is 0 Å². The molecule has 6 nitrogen and oxygen atoms in total. The summed E-state index contributed by atoms with van der Waals surface area (Å²) >= 11 is 0. The smallest absolute Gasteiger partial charge is 0.242 e. The molecule has 0 unspecified atom stereocenters. The van der Waals surface area contributed by atoms with Crippen LogP contribution in [0.2, 0.25) is 0 Å². The Morgan fingerprint density at radius 3 is 2.38 bits per heavy atom. The minimum absolute atomic E-state index is 0.179. The molecule has 7 heteroatoms. The van der Waals surface area contributed by atoms with Gasteiger partial charge < -0.3 is 4.74 Å². The van der Waals surface area contributed by atoms with Crippen LogP contribution in [-0.2, 0) is 10.0 Å². The first kappa shape index (κ1) is 15.0. The Labute approximate surface area is 123 Å². The van der Waals surface area contributed by atoms with Crippen molar-refractivity contribution in [1.29, 1.82) is 5.26 Å². The van der Waals surface area contributed by atoms with Gasteiger partial charge in [-0.25, -0.2) is 17.7 Å². The minimum atomic E-state index is -3.46. The van der Waals surface area contributed by atoms with Crippen LogP contribution in [0, 0.1) is 11.3 Å². The van der Waals surface area contributed by atoms with E-state index >= 15 is 0 Å². The van der Waals surface area contributed by atoms with Gasteiger partial charge in [0.2, 0.25) is 15.9 Å². The molecular formula is C14H13N3O3S. The van der Waals surface area contributed by atoms with Crippen LogP contribution in [0.5, 0.6) is 11.6 Å². The van der Waals surface area contributed by atoms with Gasteiger partial charge in [0.1, 0.15) is 17.5 Å². The van der Waals surface area contributed by atoms with Crippen molar-refractivity contribution in [2.45, 2.75) is 4.90 Å². The Balaban J connectivity index is 2.22. The molecule has 0 radical (unpaired) electrons. The fourth-order valence-corrected chi connectivity index (χ4v) is 2.45. The van der Waals surface area contributed by atoms with Crippen LogP contribution >= 0.6 is 0 Å². The van der Waals surface area contributed by atoms with Crippen LogP contribution in [0.3, 0.4) is 0 Å². The lowest BCUT2D eigenvalue weighted by molar-refractivity contribution is 0.462. The summed E-state index contributed by atoms with van der Waals surface area (Å²) in [6.07, 6.45) is 0. The first-order chi connectivity index (χ1) is 9.93. The predicted molar refractivity (Wildman–Crippen MR) is 76.3 cm³/mol. The summed E-state index contributed by atoms with van der Waals surface area (Å²) in [7, 11) is -0.519. The molecule has 0 saturated carbocycles. The average Bonchev–Trinajstić information content (AvgIpc) is 2.48. The van der Waals surface area contributed by atoms with E-state index in [4.69, 9.17) is 10.00 Å². The van der Waals surface area contributed by atoms with E-state index in [2.05, 4.69) is 4.98 Å². The summed E-state index contributed by atoms with van der Waals surface area (Å²) in [6, 6.07) is 12.8. The molecule has 0 N–H and O–H groups in total. The fraction of sp³-hybridized carbons (Fsp3) is 0.143. The van der Waals surface area contributed by atoms with Gasteiger partial charge in [-0.2, -0.15) is 5.26 Å². The topological polar surface area (TPSA) is 83.3 Å². The first-order valence-corrected chi connectivity index (χ1v) is 7.45. The lowest BCUT2D eigenvalue weighted by Gasteiger charge is -2.11. The van der Waals surface area contributed by atoms with Crippen molar-refractivity contribution in [3.05, 3.63) is 48.2 Å². The highest BCUT2D eigenvalue weighted by Gasteiger charge is 2.16. The van der Waals surface area contributed by atoms with Crippen LogP contribution in [0.15, 0.2) is 47.4 Å². The van der Waals surface area contributed by atoms with E-state index in [1.165, 1.54) is 38.4 Å². The second-order valence-corrected chi connectivity index (χ2v) is 6.49. The van der Waals surface area contributed by atoms with Gasteiger partial charge in [-0.15, -0.1) is 0 Å². The molecule has 0 bridgehead atoms. The van der Waals surface area contributed by atoms with E-state index in [-0.39, 0.29) is 16.5 Å². The molecule has 0 saturated heterocycles. The molecule has 0 spiro atoms. The standard InChI is InChI=1S/C14H13N3O3S/c1-17(2)21(18,19)13-8-6-12(7-9-13)20-14-5-3-4-11(10-15)16-14/h3-9H,1-2H3. The summed E-state index contributed by atoms with van der Waals surface area (Å²) < 4.78 is 30.5. The zero-order chi connectivity index (χ0) is 15.5. The molecule has 0 fully saturated rings. The van der Waals surface area contributed by atoms with E-state index in [9.17, 15) is 8.42 Å². The lowest BCUT2D eigenvalue weighted by Crippen LogP contribution is -2.22. The maximum absolute atomic E-state index is 11.9. The molecule has 1 aromatic heterocycles. The number of pyridine rings is 1. The molecule has 0 atom stereocenters. The van der Waals surface area contributed by atoms with E-state index < -0.39 is 10.0 Å². The third-order valence-electron chi connectivity index (χ3n) is 2.66. The van der Waals surface area contributed by atoms with Crippen molar-refractivity contribution in [1.82, 2.24) is 9.29 Å². The van der Waals surface area contributed by atoms with Crippen LogP contribution in [-0.4, -0.2) is 31.8 Å². The van der Waals surface area contributed by atoms with Gasteiger partial charge >= 0.3 is 0 Å². The largest absolute Gasteiger partial charge is 0.439 e. The maximum Gasteiger partial charge on any atom is 0.242 e. The van der Waals surface area contributed by atoms with Crippen molar-refractivity contribution in [3.8, 4) is 17.7 Å². The van der Waals surface area contributed by atoms with E-state index in [0.717, 1.165) is 4.31 Å². The summed E-state index contributed by atoms with van der Waals surface area (Å²) in [5.74, 6) is 0.715. The number of rotatable bonds is 4. The quantitative estimate of drug-likeness (QED) is 0.862. The number of sulfonamides is 1. The van der Waals surface area contributed by atoms with Gasteiger partial charge in [-0.1, -0.05) is 6.07 Å². The van der Waals surface area contributed by atoms with Gasteiger partial charge in [0.25, 0.3) is 0 Å². The molecule has 2 rings (SSSR count). The molecule has 21 heavy (non-hydrogen) atoms. The number of ether oxygens (including phenoxy) is 1. The Morgan fingerprint density at radius 2 is 1.81 bits per heavy atom. The van der Waals surface area contributed by atoms with Gasteiger partial charge in [-0.3, -0.25) is 0 Å². The molecule has 1 heterocycles. The highest BCUT2D eigenvalue weighted by molar-refractivity contribution is 7.89. The Morgan fingerprint density at radius 1 is 1.14 bits per heavy atom. The monoisotopic (exact) mass is 303 g/mol. The van der Waals surface area contributed by atoms with Crippen molar-refractivity contribution in [2.24, 2.45) is 0 Å². The second-order valence-electron chi connectivity index (χ2n) is 4.33. The number of hydrogen-bond donors (Lipinski definition) is 0. The molecule has 0 amide bonds. The fourth-order valence-electron chi connectivity index (χ4n) is 1.55. The number of aromatic nitrogens is 1. The van der Waals surface area contributed by atoms with Gasteiger partial charge in [0, 0.05) is 20.2 Å². The third-order valence-corrected chi connectivity index (χ3v) is 4.49. The van der Waals surface area contributed by atoms with Crippen molar-refractivity contribution >= 4 is 10.0 Å². The Bertz CT molecular complexity index is 778. The Hall–Kier alpha value is -2.43. The lowest BCUT2D eigenvalue weighted by atomic mass is 10.3. The highest BCUT2D eigenvalue weighted by atomic mass is 32.2. The molecule has 1 aromatic carbocycles. The first-order valence-electron chi connectivity index (χ1n) is 6.01. The number of hydrogen-bond acceptors (Lipinski definition) is 5. The molecule has 0 aliphatic carbocycles. The number of benzene rings is 1. The van der Waals surface area contributed by atoms with Gasteiger partial charge in [0.05, 0.1) is 4.90 Å². The third kappa shape index (κ3) is 3.37. The summed E-state index contributed by atoms with van der Waals surface area (Å²) in [5, 5.41) is 8.77. The average molecular weight is 303 g/mol. The summed E-state index contributed by atoms with van der Waals surface area (Å²) in [5.41, 5.74) is 0.249. The van der Waals surface area contributed by atoms with E-state index in [1.807, 2.05) is 6.07 Å². The highest BCUT2D eigenvalue weighted by Crippen LogP contribution is 2.22. The molecule has 0 aliphatic heterocycles. The van der Waals surface area contributed by atoms with E-state index in [1.54, 1.807) is 18.2 Å². The molecular weight excluding hydrogens is 290 g/mol. The van der Waals surface area contributed by atoms with Crippen molar-refractivity contribution < 1.29 is 13.2 Å². The van der Waals surface area contributed by atoms with Crippen LogP contribution in [0.25, 0.3) is 0 Å². The normalized spacial score (nSPS) is 11.1. The second kappa shape index (κ2) is 5.91. The zero-order valence-corrected chi connectivity index (χ0v) is 12.3. The van der Waals surface area contributed by atoms with Crippen molar-refractivity contribution in [2.75, 3.05) is 14.1 Å². The SMILES string of the molecule is CN(C)S(=O)(=O)c1ccc(Oc2cccc(C#N)n2)cc1. The maximum atomic E-state index is 11.9. The molecule has 0 aliphatic rings. The van der Waals surface area contributed by atoms with Crippen LogP contribution in [0.1, 0.15) is 5.69 Å². The minimum Gasteiger partial charge on any atom is -0.439 e. The van der Waals surface area contributed by atoms with E-state index in [0.29, 0.717) is 5.75 Å². The van der Waals surface area contributed by atoms with Crippen LogP contribution in [0.4, 0.5) is 0 Å². The summed E-state index contributed by atoms with van der Waals surface area (Å²) in [6.45, 7) is 0. The van der Waals surface area contributed by atoms with Gasteiger partial charge in [-0.05, 0) is 30.3 Å². The number of nitrogens with zero attached hydrogens (tertiary/aromatic N) is 3. The van der Waals surface area contributed by atoms with Crippen LogP contribution < -0.4 is 4.74 Å². The molecule has 2 aromatic rings. The Kier molecular flexibility index (Phi) is 4.21. The number of nitriles is 1. The zero-order valence-electron chi connectivity index (χ0n) is 11.5. The predicted octanol–water partition coefficient (Wildman–Crippen LogP) is 2.00. The summed E-state index contributed by atoms with van der Waals surface area (Å²) in [4.78, 5) is 4.16. The van der Waals surface area contributed by atoms with Crippen molar-refractivity contribution in [3.63, 3.8) is 0 Å².